The third-order valence-corrected chi connectivity index (χ3v) is 13.9. The Kier molecular flexibility index (Phi) is 7.43. The Balaban J connectivity index is 0.861. The van der Waals surface area contributed by atoms with E-state index in [0.717, 1.165) is 5.69 Å². The van der Waals surface area contributed by atoms with Crippen molar-refractivity contribution in [3.05, 3.63) is 231 Å². The second-order valence-electron chi connectivity index (χ2n) is 17.2. The monoisotopic (exact) mass is 810 g/mol. The lowest BCUT2D eigenvalue weighted by molar-refractivity contribution is 1.18. The lowest BCUT2D eigenvalue weighted by Gasteiger charge is -2.12. The molecule has 64 heavy (non-hydrogen) atoms. The van der Waals surface area contributed by atoms with E-state index in [-0.39, 0.29) is 0 Å². The number of fused-ring (bicyclic) bond motifs is 11. The van der Waals surface area contributed by atoms with Gasteiger partial charge in [0.05, 0.1) is 22.1 Å². The van der Waals surface area contributed by atoms with Gasteiger partial charge in [0, 0.05) is 38.3 Å². The molecule has 0 radical (unpaired) electrons. The first-order valence-electron chi connectivity index (χ1n) is 22.2. The van der Waals surface area contributed by atoms with E-state index in [1.807, 2.05) is 0 Å². The third-order valence-electron chi connectivity index (χ3n) is 13.9. The summed E-state index contributed by atoms with van der Waals surface area (Å²) in [5.74, 6) is 0. The first-order valence-corrected chi connectivity index (χ1v) is 22.2. The van der Waals surface area contributed by atoms with E-state index in [4.69, 9.17) is 0 Å². The van der Waals surface area contributed by atoms with Crippen molar-refractivity contribution in [3.63, 3.8) is 0 Å². The van der Waals surface area contributed by atoms with E-state index in [0.29, 0.717) is 0 Å². The highest BCUT2D eigenvalue weighted by Gasteiger charge is 2.23. The van der Waals surface area contributed by atoms with Crippen LogP contribution in [0.25, 0.3) is 132 Å². The molecule has 0 saturated carbocycles. The van der Waals surface area contributed by atoms with Crippen LogP contribution in [0.4, 0.5) is 0 Å². The number of hydrogen-bond donors (Lipinski definition) is 0. The summed E-state index contributed by atoms with van der Waals surface area (Å²) >= 11 is 0. The van der Waals surface area contributed by atoms with Crippen LogP contribution in [-0.2, 0) is 0 Å². The van der Waals surface area contributed by atoms with Gasteiger partial charge in [0.1, 0.15) is 0 Å². The second-order valence-corrected chi connectivity index (χ2v) is 17.2. The lowest BCUT2D eigenvalue weighted by Crippen LogP contribution is -1.95. The highest BCUT2D eigenvalue weighted by atomic mass is 15.0. The molecule has 0 spiro atoms. The number of hydrogen-bond acceptors (Lipinski definition) is 0. The maximum absolute atomic E-state index is 2.47. The SMILES string of the molecule is c1ccc(-n2c3ccccc3c3ccc(-c4ccc5c(c4)c4ccc6ccccc6c4n5-c4ccc(-c5ccc(-c6ccc7c8c(cccc68)-c6ccccc6-7)cc5)cc4)cc32)cc1. The van der Waals surface area contributed by atoms with Crippen molar-refractivity contribution < 1.29 is 0 Å². The molecule has 1 aliphatic rings. The molecule has 13 aromatic rings. The zero-order valence-corrected chi connectivity index (χ0v) is 34.8. The number of aromatic nitrogens is 2. The Hall–Kier alpha value is -8.46. The molecule has 0 bridgehead atoms. The van der Waals surface area contributed by atoms with E-state index < -0.39 is 0 Å². The van der Waals surface area contributed by atoms with Crippen LogP contribution in [0.3, 0.4) is 0 Å². The lowest BCUT2D eigenvalue weighted by atomic mass is 9.93. The minimum absolute atomic E-state index is 1.15. The van der Waals surface area contributed by atoms with E-state index in [1.165, 1.54) is 126 Å². The van der Waals surface area contributed by atoms with Crippen molar-refractivity contribution >= 4 is 65.2 Å². The Bertz CT molecular complexity index is 4010. The van der Waals surface area contributed by atoms with E-state index >= 15 is 0 Å². The van der Waals surface area contributed by atoms with Gasteiger partial charge in [0.2, 0.25) is 0 Å². The minimum Gasteiger partial charge on any atom is -0.309 e. The van der Waals surface area contributed by atoms with Crippen LogP contribution in [-0.4, -0.2) is 9.13 Å². The summed E-state index contributed by atoms with van der Waals surface area (Å²) in [4.78, 5) is 0. The molecular formula is C62H38N2. The van der Waals surface area contributed by atoms with Crippen LogP contribution in [0.2, 0.25) is 0 Å². The van der Waals surface area contributed by atoms with Crippen LogP contribution >= 0.6 is 0 Å². The Morgan fingerprint density at radius 1 is 0.234 bits per heavy atom. The van der Waals surface area contributed by atoms with Gasteiger partial charge < -0.3 is 9.13 Å². The second kappa shape index (κ2) is 13.5. The van der Waals surface area contributed by atoms with Crippen molar-refractivity contribution in [1.29, 1.82) is 0 Å². The van der Waals surface area contributed by atoms with Gasteiger partial charge in [-0.2, -0.15) is 0 Å². The summed E-state index contributed by atoms with van der Waals surface area (Å²) in [6.07, 6.45) is 0. The smallest absolute Gasteiger partial charge is 0.0619 e. The maximum Gasteiger partial charge on any atom is 0.0619 e. The highest BCUT2D eigenvalue weighted by Crippen LogP contribution is 2.49. The van der Waals surface area contributed by atoms with Gasteiger partial charge in [-0.15, -0.1) is 0 Å². The van der Waals surface area contributed by atoms with Crippen molar-refractivity contribution in [2.45, 2.75) is 0 Å². The molecule has 0 fully saturated rings. The predicted octanol–water partition coefficient (Wildman–Crippen LogP) is 16.8. The molecule has 1 aliphatic carbocycles. The van der Waals surface area contributed by atoms with Crippen molar-refractivity contribution in [2.75, 3.05) is 0 Å². The summed E-state index contributed by atoms with van der Waals surface area (Å²) < 4.78 is 4.87. The Morgan fingerprint density at radius 2 is 0.781 bits per heavy atom. The van der Waals surface area contributed by atoms with E-state index in [2.05, 4.69) is 240 Å². The summed E-state index contributed by atoms with van der Waals surface area (Å²) in [6, 6.07) is 85.2. The molecule has 11 aromatic carbocycles. The van der Waals surface area contributed by atoms with Gasteiger partial charge in [-0.05, 0) is 120 Å². The number of benzene rings is 11. The average Bonchev–Trinajstić information content (AvgIpc) is 4.01. The average molecular weight is 811 g/mol. The van der Waals surface area contributed by atoms with Gasteiger partial charge in [-0.1, -0.05) is 182 Å². The maximum atomic E-state index is 2.47. The summed E-state index contributed by atoms with van der Waals surface area (Å²) in [6.45, 7) is 0. The fourth-order valence-corrected chi connectivity index (χ4v) is 10.9. The van der Waals surface area contributed by atoms with Gasteiger partial charge in [0.15, 0.2) is 0 Å². The minimum atomic E-state index is 1.15. The highest BCUT2D eigenvalue weighted by molar-refractivity contribution is 6.20. The molecule has 2 aromatic heterocycles. The van der Waals surface area contributed by atoms with E-state index in [1.54, 1.807) is 0 Å². The van der Waals surface area contributed by atoms with Gasteiger partial charge in [0.25, 0.3) is 0 Å². The molecule has 0 amide bonds. The van der Waals surface area contributed by atoms with Gasteiger partial charge in [-0.3, -0.25) is 0 Å². The Labute approximate surface area is 370 Å². The summed E-state index contributed by atoms with van der Waals surface area (Å²) in [5, 5.41) is 10.2. The van der Waals surface area contributed by atoms with Crippen LogP contribution in [0, 0.1) is 0 Å². The molecule has 0 unspecified atom stereocenters. The molecule has 0 N–H and O–H groups in total. The zero-order valence-electron chi connectivity index (χ0n) is 34.8. The fourth-order valence-electron chi connectivity index (χ4n) is 10.9. The van der Waals surface area contributed by atoms with E-state index in [9.17, 15) is 0 Å². The predicted molar refractivity (Wildman–Crippen MR) is 271 cm³/mol. The Morgan fingerprint density at radius 3 is 1.61 bits per heavy atom. The molecule has 0 saturated heterocycles. The van der Waals surface area contributed by atoms with Crippen molar-refractivity contribution in [3.8, 4) is 67.0 Å². The van der Waals surface area contributed by atoms with Crippen LogP contribution in [0.5, 0.6) is 0 Å². The molecule has 2 heteroatoms. The molecule has 0 atom stereocenters. The third kappa shape index (κ3) is 5.08. The van der Waals surface area contributed by atoms with Crippen molar-refractivity contribution in [2.24, 2.45) is 0 Å². The van der Waals surface area contributed by atoms with Crippen molar-refractivity contribution in [1.82, 2.24) is 9.13 Å². The number of rotatable bonds is 5. The number of nitrogens with zero attached hydrogens (tertiary/aromatic N) is 2. The molecule has 2 heterocycles. The fraction of sp³-hybridized carbons (Fsp3) is 0. The quantitative estimate of drug-likeness (QED) is 0.164. The normalized spacial score (nSPS) is 12.1. The molecule has 14 rings (SSSR count). The summed E-state index contributed by atoms with van der Waals surface area (Å²) in [7, 11) is 0. The first-order chi connectivity index (χ1) is 31.7. The largest absolute Gasteiger partial charge is 0.309 e. The summed E-state index contributed by atoms with van der Waals surface area (Å²) in [5.41, 5.74) is 19.8. The van der Waals surface area contributed by atoms with Crippen LogP contribution in [0.15, 0.2) is 231 Å². The topological polar surface area (TPSA) is 9.86 Å². The zero-order chi connectivity index (χ0) is 41.9. The standard InChI is InChI=1S/C62H38N2/c1-2-12-45(13-3-1)63-58-20-9-8-17-51(58)52-32-28-44(38-60(52)63)43-29-36-59-57(37-43)56-33-27-41-11-4-5-14-48(41)62(56)64(59)46-30-25-40(26-31-46)39-21-23-42(24-22-39)47-34-35-55-50-16-7-6-15-49(50)54-19-10-18-53(47)61(54)55/h1-38H. The van der Waals surface area contributed by atoms with Gasteiger partial charge in [-0.25, -0.2) is 0 Å². The number of para-hydroxylation sites is 2. The van der Waals surface area contributed by atoms with Crippen LogP contribution < -0.4 is 0 Å². The molecular weight excluding hydrogens is 773 g/mol. The molecule has 0 aliphatic heterocycles. The first kappa shape index (κ1) is 35.2. The van der Waals surface area contributed by atoms with Gasteiger partial charge >= 0.3 is 0 Å². The molecule has 2 nitrogen and oxygen atoms in total. The van der Waals surface area contributed by atoms with Crippen LogP contribution in [0.1, 0.15) is 0 Å². The molecule has 296 valence electrons.